The molecule has 2 heterocycles. The maximum atomic E-state index is 9.25. The zero-order valence-electron chi connectivity index (χ0n) is 7.99. The molecule has 2 aromatic rings. The Balaban J connectivity index is 2.28. The number of methoxy groups -OCH3 is 1. The quantitative estimate of drug-likeness (QED) is 0.748. The molecule has 0 saturated heterocycles. The third-order valence-corrected chi connectivity index (χ3v) is 1.77. The van der Waals surface area contributed by atoms with Crippen molar-refractivity contribution in [1.29, 1.82) is 0 Å². The fraction of sp³-hybridized carbons (Fsp3) is 0.222. The fourth-order valence-electron chi connectivity index (χ4n) is 1.04. The third-order valence-electron chi connectivity index (χ3n) is 1.77. The van der Waals surface area contributed by atoms with Crippen molar-refractivity contribution in [2.75, 3.05) is 7.11 Å². The lowest BCUT2D eigenvalue weighted by molar-refractivity contribution is -0.0962. The maximum Gasteiger partial charge on any atom is 0.283 e. The summed E-state index contributed by atoms with van der Waals surface area (Å²) in [6, 6.07) is 5.34. The molecule has 6 heteroatoms. The first-order valence-corrected chi connectivity index (χ1v) is 4.27. The summed E-state index contributed by atoms with van der Waals surface area (Å²) in [5.41, 5.74) is 0.579. The average molecular weight is 207 g/mol. The van der Waals surface area contributed by atoms with Crippen LogP contribution in [-0.2, 0) is 4.74 Å². The normalized spacial score (nSPS) is 12.7. The number of aromatic nitrogens is 3. The van der Waals surface area contributed by atoms with E-state index in [2.05, 4.69) is 19.9 Å². The van der Waals surface area contributed by atoms with Crippen LogP contribution in [0.15, 0.2) is 28.9 Å². The van der Waals surface area contributed by atoms with E-state index in [-0.39, 0.29) is 5.89 Å². The van der Waals surface area contributed by atoms with Gasteiger partial charge in [-0.1, -0.05) is 11.2 Å². The summed E-state index contributed by atoms with van der Waals surface area (Å²) in [5.74, 6) is 0.333. The second kappa shape index (κ2) is 4.16. The van der Waals surface area contributed by atoms with Gasteiger partial charge < -0.3 is 14.4 Å². The van der Waals surface area contributed by atoms with Crippen molar-refractivity contribution in [2.24, 2.45) is 0 Å². The van der Waals surface area contributed by atoms with Gasteiger partial charge in [-0.2, -0.15) is 4.98 Å². The van der Waals surface area contributed by atoms with E-state index in [9.17, 15) is 5.11 Å². The molecular formula is C9H9N3O3. The molecule has 2 aromatic heterocycles. The summed E-state index contributed by atoms with van der Waals surface area (Å²) in [4.78, 5) is 7.98. The minimum absolute atomic E-state index is 0.0122. The Hall–Kier alpha value is -1.79. The highest BCUT2D eigenvalue weighted by Crippen LogP contribution is 2.16. The molecule has 78 valence electrons. The summed E-state index contributed by atoms with van der Waals surface area (Å²) < 4.78 is 9.42. The first-order chi connectivity index (χ1) is 7.31. The van der Waals surface area contributed by atoms with E-state index in [4.69, 9.17) is 4.52 Å². The summed E-state index contributed by atoms with van der Waals surface area (Å²) in [7, 11) is 1.34. The average Bonchev–Trinajstić information content (AvgIpc) is 2.78. The van der Waals surface area contributed by atoms with E-state index in [1.54, 1.807) is 18.3 Å². The molecule has 0 aliphatic carbocycles. The van der Waals surface area contributed by atoms with Crippen LogP contribution in [0.25, 0.3) is 11.5 Å². The van der Waals surface area contributed by atoms with Crippen molar-refractivity contribution in [2.45, 2.75) is 6.29 Å². The maximum absolute atomic E-state index is 9.25. The van der Waals surface area contributed by atoms with Gasteiger partial charge in [0.05, 0.1) is 0 Å². The molecule has 0 aromatic carbocycles. The van der Waals surface area contributed by atoms with Gasteiger partial charge in [0, 0.05) is 13.3 Å². The van der Waals surface area contributed by atoms with Crippen molar-refractivity contribution in [1.82, 2.24) is 15.1 Å². The van der Waals surface area contributed by atoms with Crippen LogP contribution in [0.4, 0.5) is 0 Å². The van der Waals surface area contributed by atoms with Gasteiger partial charge in [0.2, 0.25) is 12.1 Å². The lowest BCUT2D eigenvalue weighted by Crippen LogP contribution is -1.99. The molecule has 0 bridgehead atoms. The molecule has 0 amide bonds. The van der Waals surface area contributed by atoms with Crippen LogP contribution in [0.3, 0.4) is 0 Å². The van der Waals surface area contributed by atoms with Crippen molar-refractivity contribution < 1.29 is 14.4 Å². The number of aliphatic hydroxyl groups excluding tert-OH is 1. The van der Waals surface area contributed by atoms with Crippen molar-refractivity contribution in [3.63, 3.8) is 0 Å². The van der Waals surface area contributed by atoms with Gasteiger partial charge in [0.25, 0.3) is 5.89 Å². The zero-order valence-corrected chi connectivity index (χ0v) is 7.99. The first kappa shape index (κ1) is 9.75. The molecule has 1 unspecified atom stereocenters. The molecule has 2 rings (SSSR count). The molecule has 0 spiro atoms. The summed E-state index contributed by atoms with van der Waals surface area (Å²) in [6.07, 6.45) is 0.424. The number of aliphatic hydroxyl groups is 1. The Morgan fingerprint density at radius 2 is 2.33 bits per heavy atom. The Kier molecular flexibility index (Phi) is 2.70. The predicted octanol–water partition coefficient (Wildman–Crippen LogP) is 0.769. The summed E-state index contributed by atoms with van der Waals surface area (Å²) >= 11 is 0. The number of pyridine rings is 1. The van der Waals surface area contributed by atoms with Crippen LogP contribution in [-0.4, -0.2) is 27.3 Å². The highest BCUT2D eigenvalue weighted by atomic mass is 16.6. The van der Waals surface area contributed by atoms with E-state index in [0.717, 1.165) is 0 Å². The second-order valence-corrected chi connectivity index (χ2v) is 2.76. The van der Waals surface area contributed by atoms with Gasteiger partial charge >= 0.3 is 0 Å². The van der Waals surface area contributed by atoms with Gasteiger partial charge in [-0.05, 0) is 12.1 Å². The van der Waals surface area contributed by atoms with E-state index in [0.29, 0.717) is 11.5 Å². The molecule has 15 heavy (non-hydrogen) atoms. The van der Waals surface area contributed by atoms with Gasteiger partial charge in [-0.3, -0.25) is 4.98 Å². The SMILES string of the molecule is COC(O)c1nc(-c2ccccn2)no1. The van der Waals surface area contributed by atoms with Crippen LogP contribution < -0.4 is 0 Å². The van der Waals surface area contributed by atoms with Crippen LogP contribution in [0, 0.1) is 0 Å². The lowest BCUT2D eigenvalue weighted by Gasteiger charge is -1.99. The minimum atomic E-state index is -1.20. The molecule has 1 atom stereocenters. The first-order valence-electron chi connectivity index (χ1n) is 4.27. The number of nitrogens with zero attached hydrogens (tertiary/aromatic N) is 3. The van der Waals surface area contributed by atoms with Gasteiger partial charge in [0.15, 0.2) is 0 Å². The highest BCUT2D eigenvalue weighted by Gasteiger charge is 2.16. The second-order valence-electron chi connectivity index (χ2n) is 2.76. The topological polar surface area (TPSA) is 81.3 Å². The summed E-state index contributed by atoms with van der Waals surface area (Å²) in [5, 5.41) is 12.9. The van der Waals surface area contributed by atoms with E-state index >= 15 is 0 Å². The predicted molar refractivity (Wildman–Crippen MR) is 49.5 cm³/mol. The van der Waals surface area contributed by atoms with E-state index in [1.807, 2.05) is 6.07 Å². The molecule has 0 aliphatic heterocycles. The number of rotatable bonds is 3. The third kappa shape index (κ3) is 2.00. The number of hydrogen-bond acceptors (Lipinski definition) is 6. The summed E-state index contributed by atoms with van der Waals surface area (Å²) in [6.45, 7) is 0. The van der Waals surface area contributed by atoms with Crippen LogP contribution in [0.1, 0.15) is 12.2 Å². The van der Waals surface area contributed by atoms with E-state index < -0.39 is 6.29 Å². The lowest BCUT2D eigenvalue weighted by atomic mass is 10.3. The van der Waals surface area contributed by atoms with E-state index in [1.165, 1.54) is 7.11 Å². The number of hydrogen-bond donors (Lipinski definition) is 1. The molecule has 0 aliphatic rings. The standard InChI is InChI=1S/C9H9N3O3/c1-14-9(13)8-11-7(12-15-8)6-4-2-3-5-10-6/h2-5,9,13H,1H3. The largest absolute Gasteiger partial charge is 0.361 e. The molecule has 0 saturated carbocycles. The minimum Gasteiger partial charge on any atom is -0.361 e. The zero-order chi connectivity index (χ0) is 10.7. The van der Waals surface area contributed by atoms with Gasteiger partial charge in [-0.25, -0.2) is 0 Å². The van der Waals surface area contributed by atoms with Gasteiger partial charge in [-0.15, -0.1) is 0 Å². The van der Waals surface area contributed by atoms with Crippen molar-refractivity contribution >= 4 is 0 Å². The molecule has 1 N–H and O–H groups in total. The molecule has 0 fully saturated rings. The van der Waals surface area contributed by atoms with Crippen LogP contribution in [0.2, 0.25) is 0 Å². The Morgan fingerprint density at radius 1 is 1.47 bits per heavy atom. The molecule has 0 radical (unpaired) electrons. The molecule has 6 nitrogen and oxygen atoms in total. The Bertz CT molecular complexity index is 429. The van der Waals surface area contributed by atoms with Crippen molar-refractivity contribution in [3.05, 3.63) is 30.3 Å². The van der Waals surface area contributed by atoms with Crippen molar-refractivity contribution in [3.8, 4) is 11.5 Å². The highest BCUT2D eigenvalue weighted by molar-refractivity contribution is 5.46. The fourth-order valence-corrected chi connectivity index (χ4v) is 1.04. The smallest absolute Gasteiger partial charge is 0.283 e. The molecular weight excluding hydrogens is 198 g/mol. The van der Waals surface area contributed by atoms with Gasteiger partial charge in [0.1, 0.15) is 5.69 Å². The Labute approximate surface area is 85.5 Å². The Morgan fingerprint density at radius 3 is 3.00 bits per heavy atom. The number of ether oxygens (including phenoxy) is 1. The van der Waals surface area contributed by atoms with Crippen LogP contribution in [0.5, 0.6) is 0 Å². The monoisotopic (exact) mass is 207 g/mol. The van der Waals surface area contributed by atoms with Crippen LogP contribution >= 0.6 is 0 Å².